The van der Waals surface area contributed by atoms with E-state index >= 15 is 0 Å². The molecule has 3 aliphatic heterocycles. The molecule has 0 amide bonds. The fraction of sp³-hybridized carbons (Fsp3) is 0.678. The summed E-state index contributed by atoms with van der Waals surface area (Å²) in [6.45, 7) is 5.00. The minimum atomic E-state index is -2.38. The molecule has 2 fully saturated rings. The molecule has 0 aromatic heterocycles. The maximum Gasteiger partial charge on any atom is 0.321 e. The number of carboxylic acid groups (broad SMARTS) is 2. The van der Waals surface area contributed by atoms with E-state index < -0.39 is 209 Å². The van der Waals surface area contributed by atoms with Crippen molar-refractivity contribution in [2.45, 2.75) is 207 Å². The quantitative estimate of drug-likeness (QED) is 0.0834. The monoisotopic (exact) mass is 1250 g/mol. The highest BCUT2D eigenvalue weighted by atomic mass is 16.7. The summed E-state index contributed by atoms with van der Waals surface area (Å²) in [6.07, 6.45) is -5.04. The average Bonchev–Trinajstić information content (AvgIpc) is 1.86. The van der Waals surface area contributed by atoms with Crippen LogP contribution in [0.25, 0.3) is 0 Å². The predicted molar refractivity (Wildman–Crippen MR) is 308 cm³/mol. The molecule has 28 heteroatoms. The Morgan fingerprint density at radius 1 is 0.713 bits per heavy atom. The van der Waals surface area contributed by atoms with Crippen LogP contribution in [0.4, 0.5) is 0 Å². The van der Waals surface area contributed by atoms with Gasteiger partial charge in [0.1, 0.15) is 42.5 Å². The Morgan fingerprint density at radius 3 is 1.80 bits per heavy atom. The lowest BCUT2D eigenvalue weighted by molar-refractivity contribution is -0.312. The van der Waals surface area contributed by atoms with Crippen LogP contribution in [0.3, 0.4) is 0 Å². The molecule has 0 saturated carbocycles. The van der Waals surface area contributed by atoms with Gasteiger partial charge in [-0.15, -0.1) is 0 Å². The van der Waals surface area contributed by atoms with E-state index in [0.717, 1.165) is 7.11 Å². The van der Waals surface area contributed by atoms with Crippen molar-refractivity contribution in [2.24, 2.45) is 23.5 Å². The number of cyclic esters (lactones) is 1. The number of ketones is 1. The minimum absolute atomic E-state index is 0.138. The zero-order chi connectivity index (χ0) is 65.9. The first-order valence-electron chi connectivity index (χ1n) is 28.6. The second-order valence-corrected chi connectivity index (χ2v) is 22.3. The van der Waals surface area contributed by atoms with Crippen molar-refractivity contribution in [3.05, 3.63) is 85.1 Å². The van der Waals surface area contributed by atoms with E-state index in [2.05, 4.69) is 0 Å². The second kappa shape index (κ2) is 39.2. The zero-order valence-corrected chi connectivity index (χ0v) is 49.8. The summed E-state index contributed by atoms with van der Waals surface area (Å²) < 4.78 is 28.8. The summed E-state index contributed by atoms with van der Waals surface area (Å²) in [6, 6.07) is -2.62. The van der Waals surface area contributed by atoms with Crippen LogP contribution >= 0.6 is 0 Å². The number of aliphatic hydroxyl groups excluding tert-OH is 13. The van der Waals surface area contributed by atoms with Crippen molar-refractivity contribution in [1.29, 1.82) is 0 Å². The Hall–Kier alpha value is -5.03. The van der Waals surface area contributed by atoms with E-state index in [9.17, 15) is 95.5 Å². The molecule has 0 aliphatic carbocycles. The number of carboxylic acids is 2. The molecular weight excluding hydrogens is 1150 g/mol. The van der Waals surface area contributed by atoms with Gasteiger partial charge >= 0.3 is 23.9 Å². The first-order valence-corrected chi connectivity index (χ1v) is 28.6. The summed E-state index contributed by atoms with van der Waals surface area (Å²) in [5, 5.41) is 167. The lowest BCUT2D eigenvalue weighted by Crippen LogP contribution is -2.64. The second-order valence-electron chi connectivity index (χ2n) is 22.3. The lowest BCUT2D eigenvalue weighted by atomic mass is 9.82. The van der Waals surface area contributed by atoms with Crippen molar-refractivity contribution in [3.8, 4) is 0 Å². The molecule has 2 bridgehead atoms. The molecule has 3 aliphatic rings. The van der Waals surface area contributed by atoms with Crippen molar-refractivity contribution in [3.63, 3.8) is 0 Å². The highest BCUT2D eigenvalue weighted by Gasteiger charge is 2.52. The van der Waals surface area contributed by atoms with Gasteiger partial charge in [-0.3, -0.25) is 28.9 Å². The topological polar surface area (TPSA) is 484 Å². The predicted octanol–water partition coefficient (Wildman–Crippen LogP) is -2.71. The number of ether oxygens (including phenoxy) is 5. The summed E-state index contributed by atoms with van der Waals surface area (Å²) in [5.41, 5.74) is 4.84. The van der Waals surface area contributed by atoms with Crippen LogP contribution in [-0.4, -0.2) is 265 Å². The van der Waals surface area contributed by atoms with Crippen molar-refractivity contribution >= 4 is 29.7 Å². The Morgan fingerprint density at radius 2 is 1.28 bits per heavy atom. The SMILES string of the molecule is COC(=O)[C@H]1[C@@H]2C[C@@H](O[C@@H]3O[C@H](C)[C@@H](O)[C@H](N(C)CC(=O)[C@@H](O)[C@H](O)[C@H](O)CO)[C@@H]3O)/C=C/C=C/C=C/C=C/C=C/C=C/C=C/[C@H](C)[C@@H](O)[C@@H](C)[C@H](C)OC(=O)C[C@H](O)C[C@H](O)CC[C@@H](O)[C@H](O)C[C@H](O)C[C@](O)(C[C@@H]1O)O2.N[C@@H](CC(=O)O)C(=O)O. The maximum absolute atomic E-state index is 13.3. The van der Waals surface area contributed by atoms with Gasteiger partial charge in [0.2, 0.25) is 0 Å². The smallest absolute Gasteiger partial charge is 0.321 e. The molecule has 3 heterocycles. The molecule has 0 aromatic rings. The number of nitrogens with zero attached hydrogens (tertiary/aromatic N) is 1. The number of Topliss-reactive ketones (excluding diaryl/α,β-unsaturated/α-hetero) is 1. The summed E-state index contributed by atoms with van der Waals surface area (Å²) in [7, 11) is 2.40. The molecule has 0 unspecified atom stereocenters. The van der Waals surface area contributed by atoms with Gasteiger partial charge in [0.25, 0.3) is 0 Å². The number of likely N-dealkylation sites (N-methyl/N-ethyl adjacent to an activating group) is 1. The summed E-state index contributed by atoms with van der Waals surface area (Å²) in [4.78, 5) is 59.7. The molecule has 0 spiro atoms. The molecular formula is C59H94N2O26. The van der Waals surface area contributed by atoms with Crippen molar-refractivity contribution in [2.75, 3.05) is 27.3 Å². The number of carbonyl (C=O) groups excluding carboxylic acids is 3. The van der Waals surface area contributed by atoms with E-state index in [1.807, 2.05) is 6.92 Å². The third-order valence-electron chi connectivity index (χ3n) is 15.0. The van der Waals surface area contributed by atoms with Gasteiger partial charge < -0.3 is 111 Å². The molecule has 28 nitrogen and oxygen atoms in total. The molecule has 2 saturated heterocycles. The third-order valence-corrected chi connectivity index (χ3v) is 15.0. The van der Waals surface area contributed by atoms with Crippen LogP contribution in [-0.2, 0) is 47.7 Å². The third kappa shape index (κ3) is 27.3. The normalized spacial score (nSPS) is 38.2. The Labute approximate surface area is 505 Å². The Kier molecular flexibility index (Phi) is 35.2. The number of methoxy groups -OCH3 is 1. The highest BCUT2D eigenvalue weighted by Crippen LogP contribution is 2.39. The number of aliphatic carboxylic acids is 2. The van der Waals surface area contributed by atoms with E-state index in [1.165, 1.54) is 24.9 Å². The first-order chi connectivity index (χ1) is 40.8. The zero-order valence-electron chi connectivity index (χ0n) is 49.8. The van der Waals surface area contributed by atoms with E-state index in [4.69, 9.17) is 39.6 Å². The van der Waals surface area contributed by atoms with Crippen LogP contribution in [0.1, 0.15) is 85.5 Å². The Bertz CT molecular complexity index is 2310. The number of fused-ring (bicyclic) bond motifs is 2. The van der Waals surface area contributed by atoms with Crippen LogP contribution in [0.5, 0.6) is 0 Å². The number of esters is 2. The first kappa shape index (κ1) is 78.1. The number of carbonyl (C=O) groups is 5. The molecule has 87 heavy (non-hydrogen) atoms. The average molecular weight is 1250 g/mol. The van der Waals surface area contributed by atoms with Gasteiger partial charge in [-0.1, -0.05) is 98.9 Å². The number of nitrogens with two attached hydrogens (primary N) is 1. The van der Waals surface area contributed by atoms with Crippen LogP contribution < -0.4 is 5.73 Å². The maximum atomic E-state index is 13.3. The summed E-state index contributed by atoms with van der Waals surface area (Å²) in [5.74, 6) is -9.85. The number of hydrogen-bond acceptors (Lipinski definition) is 26. The summed E-state index contributed by atoms with van der Waals surface area (Å²) >= 11 is 0. The molecule has 0 radical (unpaired) electrons. The fourth-order valence-corrected chi connectivity index (χ4v) is 9.79. The van der Waals surface area contributed by atoms with Crippen LogP contribution in [0.2, 0.25) is 0 Å². The van der Waals surface area contributed by atoms with Gasteiger partial charge in [0.05, 0.1) is 106 Å². The molecule has 0 aromatic carbocycles. The largest absolute Gasteiger partial charge is 0.481 e. The number of aliphatic hydroxyl groups is 14. The van der Waals surface area contributed by atoms with Gasteiger partial charge in [-0.05, 0) is 40.2 Å². The van der Waals surface area contributed by atoms with E-state index in [-0.39, 0.29) is 31.6 Å². The highest BCUT2D eigenvalue weighted by molar-refractivity contribution is 5.85. The van der Waals surface area contributed by atoms with Crippen LogP contribution in [0, 0.1) is 17.8 Å². The van der Waals surface area contributed by atoms with Gasteiger partial charge in [-0.2, -0.15) is 0 Å². The number of rotatable bonds is 13. The molecule has 23 atom stereocenters. The van der Waals surface area contributed by atoms with Gasteiger partial charge in [0, 0.05) is 37.5 Å². The fourth-order valence-electron chi connectivity index (χ4n) is 9.79. The lowest BCUT2D eigenvalue weighted by Gasteiger charge is -2.47. The van der Waals surface area contributed by atoms with Gasteiger partial charge in [-0.25, -0.2) is 0 Å². The number of allylic oxidation sites excluding steroid dienone is 12. The minimum Gasteiger partial charge on any atom is -0.481 e. The van der Waals surface area contributed by atoms with Crippen molar-refractivity contribution < 1.29 is 129 Å². The Balaban J connectivity index is 0.00000264. The molecule has 3 rings (SSSR count). The van der Waals surface area contributed by atoms with E-state index in [0.29, 0.717) is 0 Å². The molecule has 18 N–H and O–H groups in total. The van der Waals surface area contributed by atoms with E-state index in [1.54, 1.807) is 92.8 Å². The van der Waals surface area contributed by atoms with Crippen LogP contribution in [0.15, 0.2) is 85.1 Å². The standard InChI is InChI=1S/C55H87NO22.C4H7NO4/c1-31-19-17-15-13-11-9-7-8-10-12-14-16-18-20-38(77-54-52(71)47(49(68)34(4)76-54)56(5)29-42(64)50(69)51(70)43(65)30-57)26-44-46(53(72)74-6)41(63)28-55(73,78-44)27-37(60)24-40(62)39(61)22-21-35(58)23-36(59)25-45(66)75-33(3)32(2)48(31)67;5-2(4(8)9)1-3(6)7/h7-20,31-41,43-44,46-52,54,57-63,65,67-71,73H,21-30H2,1-6H3;2H,1,5H2,(H,6,7)(H,8,9)/b8-7+,11-9+,12-10+,15-13+,16-14+,19-17+,20-18+;/t31-,32-,33-,34+,35+,36+,37-,38-,39+,40+,41-,43+,44-,46+,47-,48+,49+,50+,51+,52-,54-,55+;2-/m00/s1. The number of hydrogen-bond donors (Lipinski definition) is 17. The molecule has 496 valence electrons. The van der Waals surface area contributed by atoms with Gasteiger partial charge in [0.15, 0.2) is 17.9 Å². The van der Waals surface area contributed by atoms with Crippen molar-refractivity contribution in [1.82, 2.24) is 4.90 Å².